The highest BCUT2D eigenvalue weighted by Gasteiger charge is 2.30. The quantitative estimate of drug-likeness (QED) is 0.464. The number of nitrogens with two attached hydrogens (primary N) is 1. The lowest BCUT2D eigenvalue weighted by Crippen LogP contribution is -2.29. The van der Waals surface area contributed by atoms with E-state index >= 15 is 0 Å². The van der Waals surface area contributed by atoms with Crippen molar-refractivity contribution >= 4 is 16.0 Å². The van der Waals surface area contributed by atoms with Crippen LogP contribution in [0.25, 0.3) is 0 Å². The molecule has 3 aromatic rings. The normalized spacial score (nSPS) is 11.2. The molecule has 0 aliphatic heterocycles. The molecule has 0 amide bonds. The molecule has 2 N–H and O–H groups in total. The number of nitrogens with zero attached hydrogens (tertiary/aromatic N) is 4. The molecule has 3 rings (SSSR count). The van der Waals surface area contributed by atoms with Gasteiger partial charge in [-0.3, -0.25) is 5.01 Å². The predicted octanol–water partition coefficient (Wildman–Crippen LogP) is 2.36. The molecule has 156 valence electrons. The summed E-state index contributed by atoms with van der Waals surface area (Å²) in [6.45, 7) is -0.733. The smallest absolute Gasteiger partial charge is 0.364 e. The third-order valence-corrected chi connectivity index (χ3v) is 4.28. The zero-order valence-electron chi connectivity index (χ0n) is 14.8. The first kappa shape index (κ1) is 21.1. The van der Waals surface area contributed by atoms with Crippen LogP contribution < -0.4 is 14.3 Å². The second kappa shape index (κ2) is 8.01. The van der Waals surface area contributed by atoms with Gasteiger partial charge in [0.15, 0.2) is 11.6 Å². The number of imidazole rings is 1. The predicted molar refractivity (Wildman–Crippen MR) is 95.0 cm³/mol. The third-order valence-electron chi connectivity index (χ3n) is 3.89. The van der Waals surface area contributed by atoms with Crippen LogP contribution in [0.5, 0.6) is 5.75 Å². The van der Waals surface area contributed by atoms with Crippen LogP contribution in [0.4, 0.5) is 23.2 Å². The van der Waals surface area contributed by atoms with E-state index in [-0.39, 0.29) is 0 Å². The zero-order chi connectivity index (χ0) is 22.1. The lowest BCUT2D eigenvalue weighted by atomic mass is 10.1. The van der Waals surface area contributed by atoms with Crippen LogP contribution in [0.15, 0.2) is 43.0 Å². The van der Waals surface area contributed by atoms with Crippen molar-refractivity contribution in [2.24, 2.45) is 5.14 Å². The first-order chi connectivity index (χ1) is 14.1. The van der Waals surface area contributed by atoms with Crippen molar-refractivity contribution in [1.82, 2.24) is 9.66 Å². The van der Waals surface area contributed by atoms with Gasteiger partial charge in [0.1, 0.15) is 6.33 Å². The van der Waals surface area contributed by atoms with Crippen molar-refractivity contribution < 1.29 is 30.2 Å². The van der Waals surface area contributed by atoms with Crippen molar-refractivity contribution in [2.75, 3.05) is 5.01 Å². The maximum atomic E-state index is 14.5. The summed E-state index contributed by atoms with van der Waals surface area (Å²) in [5.41, 5.74) is -0.440. The maximum absolute atomic E-state index is 14.5. The molecule has 1 aromatic heterocycles. The molecule has 0 unspecified atom stereocenters. The average Bonchev–Trinajstić information content (AvgIpc) is 3.24. The minimum absolute atomic E-state index is 0.302. The second-order valence-electron chi connectivity index (χ2n) is 5.80. The maximum Gasteiger partial charge on any atom is 0.380 e. The van der Waals surface area contributed by atoms with Gasteiger partial charge in [-0.05, 0) is 24.3 Å². The van der Waals surface area contributed by atoms with E-state index in [0.29, 0.717) is 11.3 Å². The molecule has 30 heavy (non-hydrogen) atoms. The monoisotopic (exact) mass is 441 g/mol. The lowest BCUT2D eigenvalue weighted by molar-refractivity contribution is 0.380. The summed E-state index contributed by atoms with van der Waals surface area (Å²) in [4.78, 5) is 3.81. The van der Waals surface area contributed by atoms with Gasteiger partial charge >= 0.3 is 10.3 Å². The minimum Gasteiger partial charge on any atom is -0.364 e. The first-order valence-electron chi connectivity index (χ1n) is 7.95. The highest BCUT2D eigenvalue weighted by atomic mass is 32.2. The van der Waals surface area contributed by atoms with Gasteiger partial charge in [-0.25, -0.2) is 18.4 Å². The first-order valence-corrected chi connectivity index (χ1v) is 9.42. The van der Waals surface area contributed by atoms with Crippen LogP contribution in [0.1, 0.15) is 11.1 Å². The van der Waals surface area contributed by atoms with Gasteiger partial charge in [0, 0.05) is 12.4 Å². The molecule has 0 radical (unpaired) electrons. The van der Waals surface area contributed by atoms with E-state index in [4.69, 9.17) is 5.26 Å². The van der Waals surface area contributed by atoms with Gasteiger partial charge in [0.25, 0.3) is 0 Å². The van der Waals surface area contributed by atoms with Crippen molar-refractivity contribution in [3.63, 3.8) is 0 Å². The van der Waals surface area contributed by atoms with E-state index in [1.165, 1.54) is 52.7 Å². The van der Waals surface area contributed by atoms with Gasteiger partial charge in [-0.2, -0.15) is 27.6 Å². The van der Waals surface area contributed by atoms with Gasteiger partial charge in [0.2, 0.25) is 17.4 Å². The summed E-state index contributed by atoms with van der Waals surface area (Å²) in [7, 11) is -4.94. The Labute approximate surface area is 167 Å². The largest absolute Gasteiger partial charge is 0.380 e. The Hall–Kier alpha value is -3.63. The molecule has 0 aliphatic carbocycles. The molecule has 2 aromatic carbocycles. The Morgan fingerprint density at radius 2 is 1.70 bits per heavy atom. The molecule has 0 aliphatic rings. The number of halogens is 4. The number of hydrogen-bond donors (Lipinski definition) is 1. The topological polar surface area (TPSA) is 114 Å². The summed E-state index contributed by atoms with van der Waals surface area (Å²) in [6, 6.07) is 7.65. The van der Waals surface area contributed by atoms with Crippen LogP contribution >= 0.6 is 0 Å². The molecular formula is C17H11F4N5O3S. The molecule has 1 heterocycles. The van der Waals surface area contributed by atoms with Crippen molar-refractivity contribution in [3.8, 4) is 11.8 Å². The van der Waals surface area contributed by atoms with Crippen LogP contribution in [0.2, 0.25) is 0 Å². The molecule has 8 nitrogen and oxygen atoms in total. The summed E-state index contributed by atoms with van der Waals surface area (Å²) in [5.74, 6) is -9.69. The summed E-state index contributed by atoms with van der Waals surface area (Å²) >= 11 is 0. The molecule has 0 saturated carbocycles. The van der Waals surface area contributed by atoms with Gasteiger partial charge in [-0.15, -0.1) is 0 Å². The highest BCUT2D eigenvalue weighted by Crippen LogP contribution is 2.32. The van der Waals surface area contributed by atoms with Crippen LogP contribution in [-0.4, -0.2) is 18.1 Å². The summed E-state index contributed by atoms with van der Waals surface area (Å²) in [6.07, 6.45) is 4.02. The number of rotatable bonds is 6. The average molecular weight is 441 g/mol. The fourth-order valence-electron chi connectivity index (χ4n) is 2.54. The van der Waals surface area contributed by atoms with Gasteiger partial charge in [0.05, 0.1) is 29.4 Å². The fourth-order valence-corrected chi connectivity index (χ4v) is 2.92. The minimum atomic E-state index is -4.94. The zero-order valence-corrected chi connectivity index (χ0v) is 15.6. The Balaban J connectivity index is 2.10. The highest BCUT2D eigenvalue weighted by molar-refractivity contribution is 7.84. The molecular weight excluding hydrogens is 430 g/mol. The summed E-state index contributed by atoms with van der Waals surface area (Å²) in [5, 5.41) is 14.6. The molecule has 0 spiro atoms. The Morgan fingerprint density at radius 3 is 2.17 bits per heavy atom. The van der Waals surface area contributed by atoms with E-state index in [9.17, 15) is 26.0 Å². The van der Waals surface area contributed by atoms with Crippen LogP contribution in [-0.2, 0) is 16.8 Å². The van der Waals surface area contributed by atoms with Crippen molar-refractivity contribution in [1.29, 1.82) is 5.26 Å². The number of benzene rings is 2. The molecule has 0 fully saturated rings. The molecule has 0 bridgehead atoms. The van der Waals surface area contributed by atoms with E-state index in [1.807, 2.05) is 6.07 Å². The third kappa shape index (κ3) is 4.19. The van der Waals surface area contributed by atoms with E-state index in [1.54, 1.807) is 0 Å². The molecule has 0 atom stereocenters. The Morgan fingerprint density at radius 1 is 1.10 bits per heavy atom. The van der Waals surface area contributed by atoms with E-state index < -0.39 is 51.4 Å². The van der Waals surface area contributed by atoms with Gasteiger partial charge in [-0.1, -0.05) is 0 Å². The molecule has 13 heteroatoms. The van der Waals surface area contributed by atoms with E-state index in [2.05, 4.69) is 14.3 Å². The van der Waals surface area contributed by atoms with Crippen LogP contribution in [0.3, 0.4) is 0 Å². The number of hydrogen-bond acceptors (Lipinski definition) is 6. The van der Waals surface area contributed by atoms with E-state index in [0.717, 1.165) is 0 Å². The van der Waals surface area contributed by atoms with Crippen molar-refractivity contribution in [2.45, 2.75) is 6.54 Å². The lowest BCUT2D eigenvalue weighted by Gasteiger charge is -2.26. The standard InChI is InChI=1S/C17H11F4N5O3S/c18-13-12(14(19)16(21)17(15(13)20)29-30(23,27)28)8-26(25-6-5-24-9-25)11-3-1-10(7-22)2-4-11/h1-6,9H,8H2,(H2,23,27,28). The Kier molecular flexibility index (Phi) is 5.63. The number of anilines is 1. The number of nitriles is 1. The SMILES string of the molecule is N#Cc1ccc(N(Cc2c(F)c(F)c(OS(N)(=O)=O)c(F)c2F)n2ccnc2)cc1. The van der Waals surface area contributed by atoms with Crippen molar-refractivity contribution in [3.05, 3.63) is 77.4 Å². The van der Waals surface area contributed by atoms with Crippen LogP contribution in [0, 0.1) is 34.6 Å². The second-order valence-corrected chi connectivity index (χ2v) is 6.95. The summed E-state index contributed by atoms with van der Waals surface area (Å²) < 4.78 is 84.4. The fraction of sp³-hybridized carbons (Fsp3) is 0.0588. The van der Waals surface area contributed by atoms with Gasteiger partial charge < -0.3 is 4.18 Å². The Bertz CT molecular complexity index is 1200. The number of aromatic nitrogens is 2. The molecule has 0 saturated heterocycles.